The van der Waals surface area contributed by atoms with Gasteiger partial charge >= 0.3 is 0 Å². The Morgan fingerprint density at radius 1 is 0.500 bits per heavy atom. The third-order valence-electron chi connectivity index (χ3n) is 5.49. The van der Waals surface area contributed by atoms with Crippen LogP contribution in [0, 0.1) is 0 Å². The maximum Gasteiger partial charge on any atom is 0.104 e. The first kappa shape index (κ1) is 25.9. The molecule has 2 N–H and O–H groups in total. The van der Waals surface area contributed by atoms with Gasteiger partial charge < -0.3 is 5.11 Å². The van der Waals surface area contributed by atoms with E-state index in [1.165, 1.54) is 122 Å². The molecule has 2 nitrogen and oxygen atoms in total. The second kappa shape index (κ2) is 23.0. The van der Waals surface area contributed by atoms with Gasteiger partial charge in [0.05, 0.1) is 0 Å². The fraction of sp³-hybridized carbons (Fsp3) is 1.00. The van der Waals surface area contributed by atoms with Crippen molar-refractivity contribution in [1.82, 2.24) is 5.32 Å². The molecule has 2 heteroatoms. The van der Waals surface area contributed by atoms with Crippen molar-refractivity contribution >= 4 is 0 Å². The van der Waals surface area contributed by atoms with Gasteiger partial charge in [-0.05, 0) is 25.8 Å². The number of hydrogen-bond acceptors (Lipinski definition) is 2. The molecular formula is C24H51NO. The molecule has 0 spiro atoms. The van der Waals surface area contributed by atoms with Gasteiger partial charge in [-0.2, -0.15) is 0 Å². The number of hydrogen-bond donors (Lipinski definition) is 2. The summed E-state index contributed by atoms with van der Waals surface area (Å²) in [5.41, 5.74) is 0. The normalized spacial score (nSPS) is 12.6. The highest BCUT2D eigenvalue weighted by atomic mass is 16.3. The molecule has 0 saturated carbocycles. The Morgan fingerprint density at radius 3 is 1.27 bits per heavy atom. The standard InChI is InChI=1S/C24H51NO/c1-3-5-7-9-11-13-14-15-16-18-20-22-24(26)25-23-21-19-17-12-10-8-6-4-2/h24-26H,3-23H2,1-2H3. The van der Waals surface area contributed by atoms with Crippen molar-refractivity contribution in [3.8, 4) is 0 Å². The molecule has 0 fully saturated rings. The molecule has 0 aromatic heterocycles. The Bertz CT molecular complexity index is 244. The van der Waals surface area contributed by atoms with Crippen LogP contribution in [0.3, 0.4) is 0 Å². The maximum atomic E-state index is 9.98. The van der Waals surface area contributed by atoms with E-state index in [0.717, 1.165) is 13.0 Å². The van der Waals surface area contributed by atoms with Gasteiger partial charge in [0, 0.05) is 0 Å². The van der Waals surface area contributed by atoms with Crippen molar-refractivity contribution < 1.29 is 5.11 Å². The fourth-order valence-electron chi connectivity index (χ4n) is 3.63. The molecule has 0 bridgehead atoms. The van der Waals surface area contributed by atoms with Gasteiger partial charge in [0.2, 0.25) is 0 Å². The molecule has 0 saturated heterocycles. The molecular weight excluding hydrogens is 318 g/mol. The monoisotopic (exact) mass is 369 g/mol. The molecule has 1 unspecified atom stereocenters. The van der Waals surface area contributed by atoms with Crippen LogP contribution in [0.1, 0.15) is 142 Å². The lowest BCUT2D eigenvalue weighted by Crippen LogP contribution is -2.29. The molecule has 0 amide bonds. The number of nitrogens with one attached hydrogen (secondary N) is 1. The minimum Gasteiger partial charge on any atom is -0.379 e. The average Bonchev–Trinajstić information content (AvgIpc) is 2.64. The van der Waals surface area contributed by atoms with Crippen molar-refractivity contribution in [2.45, 2.75) is 148 Å². The predicted octanol–water partition coefficient (Wildman–Crippen LogP) is 7.74. The predicted molar refractivity (Wildman–Crippen MR) is 118 cm³/mol. The van der Waals surface area contributed by atoms with Gasteiger partial charge in [0.25, 0.3) is 0 Å². The van der Waals surface area contributed by atoms with Gasteiger partial charge in [-0.25, -0.2) is 0 Å². The Morgan fingerprint density at radius 2 is 0.846 bits per heavy atom. The van der Waals surface area contributed by atoms with Gasteiger partial charge in [-0.15, -0.1) is 0 Å². The smallest absolute Gasteiger partial charge is 0.104 e. The molecule has 0 aliphatic rings. The topological polar surface area (TPSA) is 32.3 Å². The summed E-state index contributed by atoms with van der Waals surface area (Å²) in [4.78, 5) is 0. The SMILES string of the molecule is CCCCCCCCCCCCCC(O)NCCCCCCCCCC. The molecule has 158 valence electrons. The Labute approximate surface area is 165 Å². The fourth-order valence-corrected chi connectivity index (χ4v) is 3.63. The largest absolute Gasteiger partial charge is 0.379 e. The quantitative estimate of drug-likeness (QED) is 0.151. The summed E-state index contributed by atoms with van der Waals surface area (Å²) in [5.74, 6) is 0. The third-order valence-corrected chi connectivity index (χ3v) is 5.49. The van der Waals surface area contributed by atoms with E-state index in [1.54, 1.807) is 0 Å². The Kier molecular flexibility index (Phi) is 22.9. The molecule has 0 aromatic carbocycles. The number of rotatable bonds is 22. The zero-order valence-electron chi connectivity index (χ0n) is 18.4. The summed E-state index contributed by atoms with van der Waals surface area (Å²) in [6.45, 7) is 5.53. The van der Waals surface area contributed by atoms with Crippen LogP contribution in [0.15, 0.2) is 0 Å². The number of unbranched alkanes of at least 4 members (excludes halogenated alkanes) is 17. The Hall–Kier alpha value is -0.0800. The van der Waals surface area contributed by atoms with Gasteiger partial charge in [-0.1, -0.05) is 123 Å². The van der Waals surface area contributed by atoms with E-state index in [-0.39, 0.29) is 6.23 Å². The van der Waals surface area contributed by atoms with Crippen molar-refractivity contribution in [3.63, 3.8) is 0 Å². The van der Waals surface area contributed by atoms with E-state index in [0.29, 0.717) is 0 Å². The first-order valence-electron chi connectivity index (χ1n) is 12.2. The van der Waals surface area contributed by atoms with Crippen LogP contribution in [-0.4, -0.2) is 17.9 Å². The van der Waals surface area contributed by atoms with E-state index < -0.39 is 0 Å². The van der Waals surface area contributed by atoms with Crippen LogP contribution < -0.4 is 5.32 Å². The van der Waals surface area contributed by atoms with E-state index in [1.807, 2.05) is 0 Å². The van der Waals surface area contributed by atoms with Crippen LogP contribution in [0.4, 0.5) is 0 Å². The highest BCUT2D eigenvalue weighted by Gasteiger charge is 2.02. The molecule has 0 aliphatic heterocycles. The molecule has 26 heavy (non-hydrogen) atoms. The van der Waals surface area contributed by atoms with Crippen molar-refractivity contribution in [2.24, 2.45) is 0 Å². The van der Waals surface area contributed by atoms with E-state index in [2.05, 4.69) is 19.2 Å². The molecule has 0 rings (SSSR count). The lowest BCUT2D eigenvalue weighted by molar-refractivity contribution is 0.124. The van der Waals surface area contributed by atoms with Crippen LogP contribution in [0.2, 0.25) is 0 Å². The molecule has 1 atom stereocenters. The summed E-state index contributed by atoms with van der Waals surface area (Å²) in [6, 6.07) is 0. The number of aliphatic hydroxyl groups excluding tert-OH is 1. The van der Waals surface area contributed by atoms with E-state index in [4.69, 9.17) is 0 Å². The summed E-state index contributed by atoms with van der Waals surface area (Å²) in [5, 5.41) is 13.3. The van der Waals surface area contributed by atoms with Gasteiger partial charge in [-0.3, -0.25) is 5.32 Å². The molecule has 0 heterocycles. The Balaban J connectivity index is 3.12. The van der Waals surface area contributed by atoms with Crippen molar-refractivity contribution in [2.75, 3.05) is 6.54 Å². The lowest BCUT2D eigenvalue weighted by atomic mass is 10.1. The highest BCUT2D eigenvalue weighted by Crippen LogP contribution is 2.12. The van der Waals surface area contributed by atoms with Crippen LogP contribution in [0.5, 0.6) is 0 Å². The average molecular weight is 370 g/mol. The highest BCUT2D eigenvalue weighted by molar-refractivity contribution is 4.56. The molecule has 0 aliphatic carbocycles. The third kappa shape index (κ3) is 22.0. The summed E-state index contributed by atoms with van der Waals surface area (Å²) in [6.07, 6.45) is 26.5. The zero-order chi connectivity index (χ0) is 19.1. The first-order chi connectivity index (χ1) is 12.8. The van der Waals surface area contributed by atoms with Crippen molar-refractivity contribution in [3.05, 3.63) is 0 Å². The first-order valence-corrected chi connectivity index (χ1v) is 12.2. The second-order valence-electron chi connectivity index (χ2n) is 8.27. The van der Waals surface area contributed by atoms with E-state index >= 15 is 0 Å². The summed E-state index contributed by atoms with van der Waals surface area (Å²) < 4.78 is 0. The van der Waals surface area contributed by atoms with Crippen LogP contribution in [0.25, 0.3) is 0 Å². The number of aliphatic hydroxyl groups is 1. The van der Waals surface area contributed by atoms with Crippen molar-refractivity contribution in [1.29, 1.82) is 0 Å². The minimum atomic E-state index is -0.280. The second-order valence-corrected chi connectivity index (χ2v) is 8.27. The van der Waals surface area contributed by atoms with Gasteiger partial charge in [0.15, 0.2) is 0 Å². The maximum absolute atomic E-state index is 9.98. The zero-order valence-corrected chi connectivity index (χ0v) is 18.4. The molecule has 0 aromatic rings. The van der Waals surface area contributed by atoms with E-state index in [9.17, 15) is 5.11 Å². The lowest BCUT2D eigenvalue weighted by Gasteiger charge is -2.12. The summed E-state index contributed by atoms with van der Waals surface area (Å²) in [7, 11) is 0. The van der Waals surface area contributed by atoms with Gasteiger partial charge in [0.1, 0.15) is 6.23 Å². The van der Waals surface area contributed by atoms with Crippen LogP contribution in [-0.2, 0) is 0 Å². The van der Waals surface area contributed by atoms with Crippen LogP contribution >= 0.6 is 0 Å². The molecule has 0 radical (unpaired) electrons. The minimum absolute atomic E-state index is 0.280. The summed E-state index contributed by atoms with van der Waals surface area (Å²) >= 11 is 0.